The fourth-order valence-corrected chi connectivity index (χ4v) is 1.86. The average molecular weight is 286 g/mol. The molecule has 1 aromatic rings. The molecule has 0 amide bonds. The molecular weight excluding hydrogens is 266 g/mol. The van der Waals surface area contributed by atoms with E-state index in [9.17, 15) is 0 Å². The Labute approximate surface area is 106 Å². The van der Waals surface area contributed by atoms with E-state index in [1.807, 2.05) is 13.8 Å². The van der Waals surface area contributed by atoms with E-state index in [-0.39, 0.29) is 0 Å². The zero-order chi connectivity index (χ0) is 12.1. The molecule has 0 aromatic carbocycles. The molecule has 0 spiro atoms. The topological polar surface area (TPSA) is 29.0 Å². The highest BCUT2D eigenvalue weighted by Gasteiger charge is 2.11. The van der Waals surface area contributed by atoms with Crippen LogP contribution in [-0.2, 0) is 0 Å². The van der Waals surface area contributed by atoms with Gasteiger partial charge in [-0.15, -0.1) is 0 Å². The molecule has 3 nitrogen and oxygen atoms in total. The van der Waals surface area contributed by atoms with Crippen molar-refractivity contribution in [3.63, 3.8) is 0 Å². The number of anilines is 1. The van der Waals surface area contributed by atoms with Crippen LogP contribution in [0.2, 0.25) is 0 Å². The van der Waals surface area contributed by atoms with Crippen molar-refractivity contribution in [2.24, 2.45) is 0 Å². The van der Waals surface area contributed by atoms with E-state index in [1.165, 1.54) is 0 Å². The van der Waals surface area contributed by atoms with Crippen molar-refractivity contribution < 1.29 is 0 Å². The summed E-state index contributed by atoms with van der Waals surface area (Å²) in [5.74, 6) is 0.863. The molecule has 0 bridgehead atoms. The lowest BCUT2D eigenvalue weighted by Gasteiger charge is -2.22. The second kappa shape index (κ2) is 6.18. The largest absolute Gasteiger partial charge is 0.341 e. The van der Waals surface area contributed by atoms with E-state index in [0.717, 1.165) is 47.7 Å². The molecule has 4 heteroatoms. The first-order chi connectivity index (χ1) is 7.60. The maximum atomic E-state index is 4.54. The van der Waals surface area contributed by atoms with Crippen LogP contribution in [0.5, 0.6) is 0 Å². The first-order valence-electron chi connectivity index (χ1n) is 5.85. The molecule has 0 N–H and O–H groups in total. The first-order valence-corrected chi connectivity index (χ1v) is 6.65. The van der Waals surface area contributed by atoms with E-state index >= 15 is 0 Å². The second-order valence-corrected chi connectivity index (χ2v) is 4.79. The maximum absolute atomic E-state index is 4.54. The third-order valence-corrected chi connectivity index (χ3v) is 3.59. The van der Waals surface area contributed by atoms with E-state index in [0.29, 0.717) is 0 Å². The van der Waals surface area contributed by atoms with E-state index in [1.54, 1.807) is 0 Å². The van der Waals surface area contributed by atoms with Gasteiger partial charge in [0, 0.05) is 13.1 Å². The van der Waals surface area contributed by atoms with Crippen molar-refractivity contribution in [1.29, 1.82) is 0 Å². The highest BCUT2D eigenvalue weighted by Crippen LogP contribution is 2.20. The quantitative estimate of drug-likeness (QED) is 0.829. The van der Waals surface area contributed by atoms with Gasteiger partial charge in [-0.05, 0) is 42.6 Å². The van der Waals surface area contributed by atoms with Gasteiger partial charge in [0.15, 0.2) is 0 Å². The van der Waals surface area contributed by atoms with Crippen LogP contribution in [0.4, 0.5) is 5.95 Å². The number of halogens is 1. The Balaban J connectivity index is 3.00. The Morgan fingerprint density at radius 2 is 1.44 bits per heavy atom. The van der Waals surface area contributed by atoms with Crippen molar-refractivity contribution in [3.8, 4) is 0 Å². The normalized spacial score (nSPS) is 10.6. The van der Waals surface area contributed by atoms with E-state index in [2.05, 4.69) is 44.6 Å². The molecule has 0 radical (unpaired) electrons. The number of nitrogens with zero attached hydrogens (tertiary/aromatic N) is 3. The predicted molar refractivity (Wildman–Crippen MR) is 72.0 cm³/mol. The molecule has 0 aliphatic rings. The molecule has 0 fully saturated rings. The summed E-state index contributed by atoms with van der Waals surface area (Å²) >= 11 is 3.50. The van der Waals surface area contributed by atoms with E-state index < -0.39 is 0 Å². The molecular formula is C12H20BrN3. The summed E-state index contributed by atoms with van der Waals surface area (Å²) in [7, 11) is 0. The summed E-state index contributed by atoms with van der Waals surface area (Å²) in [6, 6.07) is 0. The van der Waals surface area contributed by atoms with Gasteiger partial charge in [0.2, 0.25) is 5.95 Å². The number of aromatic nitrogens is 2. The van der Waals surface area contributed by atoms with Gasteiger partial charge in [0.05, 0.1) is 15.9 Å². The first kappa shape index (κ1) is 13.4. The fraction of sp³-hybridized carbons (Fsp3) is 0.667. The Morgan fingerprint density at radius 1 is 1.00 bits per heavy atom. The summed E-state index contributed by atoms with van der Waals surface area (Å²) in [5.41, 5.74) is 2.03. The zero-order valence-electron chi connectivity index (χ0n) is 10.5. The molecule has 0 atom stereocenters. The van der Waals surface area contributed by atoms with Gasteiger partial charge in [0.1, 0.15) is 0 Å². The highest BCUT2D eigenvalue weighted by molar-refractivity contribution is 9.10. The summed E-state index contributed by atoms with van der Waals surface area (Å²) in [6.07, 6.45) is 2.25. The van der Waals surface area contributed by atoms with Gasteiger partial charge >= 0.3 is 0 Å². The van der Waals surface area contributed by atoms with Crippen LogP contribution in [0.25, 0.3) is 0 Å². The van der Waals surface area contributed by atoms with Gasteiger partial charge in [-0.25, -0.2) is 9.97 Å². The summed E-state index contributed by atoms with van der Waals surface area (Å²) in [5, 5.41) is 0. The number of hydrogen-bond donors (Lipinski definition) is 0. The van der Waals surface area contributed by atoms with Crippen LogP contribution in [-0.4, -0.2) is 23.1 Å². The molecule has 0 saturated carbocycles. The van der Waals surface area contributed by atoms with Gasteiger partial charge in [-0.1, -0.05) is 13.8 Å². The molecule has 0 aliphatic heterocycles. The van der Waals surface area contributed by atoms with Gasteiger partial charge < -0.3 is 4.90 Å². The zero-order valence-corrected chi connectivity index (χ0v) is 12.1. The van der Waals surface area contributed by atoms with Crippen molar-refractivity contribution >= 4 is 21.9 Å². The molecule has 90 valence electrons. The van der Waals surface area contributed by atoms with Crippen LogP contribution < -0.4 is 4.90 Å². The monoisotopic (exact) mass is 285 g/mol. The lowest BCUT2D eigenvalue weighted by atomic mass is 10.3. The third kappa shape index (κ3) is 3.17. The number of aryl methyl sites for hydroxylation is 2. The highest BCUT2D eigenvalue weighted by atomic mass is 79.9. The lowest BCUT2D eigenvalue weighted by Crippen LogP contribution is -2.27. The molecule has 1 heterocycles. The Bertz CT molecular complexity index is 323. The van der Waals surface area contributed by atoms with Crippen molar-refractivity contribution in [2.75, 3.05) is 18.0 Å². The van der Waals surface area contributed by atoms with Gasteiger partial charge in [0.25, 0.3) is 0 Å². The number of hydrogen-bond acceptors (Lipinski definition) is 3. The average Bonchev–Trinajstić information content (AvgIpc) is 2.25. The van der Waals surface area contributed by atoms with Crippen LogP contribution in [0, 0.1) is 13.8 Å². The Morgan fingerprint density at radius 3 is 1.81 bits per heavy atom. The smallest absolute Gasteiger partial charge is 0.225 e. The molecule has 16 heavy (non-hydrogen) atoms. The second-order valence-electron chi connectivity index (χ2n) is 4.00. The van der Waals surface area contributed by atoms with Crippen LogP contribution in [0.1, 0.15) is 38.1 Å². The van der Waals surface area contributed by atoms with E-state index in [4.69, 9.17) is 0 Å². The molecule has 1 rings (SSSR count). The summed E-state index contributed by atoms with van der Waals surface area (Å²) in [4.78, 5) is 11.3. The fourth-order valence-electron chi connectivity index (χ4n) is 1.68. The van der Waals surface area contributed by atoms with Crippen LogP contribution >= 0.6 is 15.9 Å². The van der Waals surface area contributed by atoms with Gasteiger partial charge in [-0.2, -0.15) is 0 Å². The standard InChI is InChI=1S/C12H20BrN3/c1-5-7-16(8-6-2)12-14-9(3)11(13)10(4)15-12/h5-8H2,1-4H3. The summed E-state index contributed by atoms with van der Waals surface area (Å²) < 4.78 is 1.02. The minimum atomic E-state index is 0.863. The minimum Gasteiger partial charge on any atom is -0.341 e. The van der Waals surface area contributed by atoms with Crippen molar-refractivity contribution in [1.82, 2.24) is 9.97 Å². The van der Waals surface area contributed by atoms with Crippen molar-refractivity contribution in [3.05, 3.63) is 15.9 Å². The molecule has 1 aromatic heterocycles. The third-order valence-electron chi connectivity index (χ3n) is 2.44. The molecule has 0 saturated heterocycles. The minimum absolute atomic E-state index is 0.863. The molecule has 0 aliphatic carbocycles. The summed E-state index contributed by atoms with van der Waals surface area (Å²) in [6.45, 7) is 10.4. The SMILES string of the molecule is CCCN(CCC)c1nc(C)c(Br)c(C)n1. The van der Waals surface area contributed by atoms with Crippen LogP contribution in [0.3, 0.4) is 0 Å². The Hall–Kier alpha value is -0.640. The lowest BCUT2D eigenvalue weighted by molar-refractivity contribution is 0.716. The number of rotatable bonds is 5. The maximum Gasteiger partial charge on any atom is 0.225 e. The van der Waals surface area contributed by atoms with Gasteiger partial charge in [-0.3, -0.25) is 0 Å². The Kier molecular flexibility index (Phi) is 5.19. The molecule has 0 unspecified atom stereocenters. The van der Waals surface area contributed by atoms with Crippen molar-refractivity contribution in [2.45, 2.75) is 40.5 Å². The predicted octanol–water partition coefficient (Wildman–Crippen LogP) is 3.48. The van der Waals surface area contributed by atoms with Crippen LogP contribution in [0.15, 0.2) is 4.47 Å².